The van der Waals surface area contributed by atoms with Crippen molar-refractivity contribution in [2.45, 2.75) is 31.6 Å². The van der Waals surface area contributed by atoms with Gasteiger partial charge in [-0.2, -0.15) is 0 Å². The zero-order valence-corrected chi connectivity index (χ0v) is 10.1. The van der Waals surface area contributed by atoms with Gasteiger partial charge in [0.1, 0.15) is 0 Å². The highest BCUT2D eigenvalue weighted by Gasteiger charge is 2.23. The number of halogens is 3. The molecule has 2 unspecified atom stereocenters. The minimum atomic E-state index is -2.75. The van der Waals surface area contributed by atoms with Crippen molar-refractivity contribution in [3.05, 3.63) is 39.4 Å². The van der Waals surface area contributed by atoms with Gasteiger partial charge in [-0.1, -0.05) is 13.0 Å². The zero-order valence-electron chi connectivity index (χ0n) is 9.36. The first-order valence-electron chi connectivity index (χ1n) is 5.05. The number of nitrogens with zero attached hydrogens (tertiary/aromatic N) is 1. The van der Waals surface area contributed by atoms with Gasteiger partial charge < -0.3 is 0 Å². The van der Waals surface area contributed by atoms with Gasteiger partial charge in [0.05, 0.1) is 4.92 Å². The molecule has 2 atom stereocenters. The number of non-ortho nitro benzene ring substituents is 1. The van der Waals surface area contributed by atoms with Crippen molar-refractivity contribution in [2.75, 3.05) is 0 Å². The maximum Gasteiger partial charge on any atom is 0.269 e. The van der Waals surface area contributed by atoms with Crippen molar-refractivity contribution in [2.24, 2.45) is 0 Å². The molecule has 1 aromatic rings. The lowest BCUT2D eigenvalue weighted by Crippen LogP contribution is -2.09. The summed E-state index contributed by atoms with van der Waals surface area (Å²) in [6, 6.07) is 3.48. The molecule has 0 fully saturated rings. The third kappa shape index (κ3) is 3.12. The van der Waals surface area contributed by atoms with Crippen LogP contribution in [0.3, 0.4) is 0 Å². The molecule has 0 bridgehead atoms. The van der Waals surface area contributed by atoms with E-state index in [4.69, 9.17) is 11.6 Å². The standard InChI is InChI=1S/C11H12ClF2NO2/c1-6(7(2)12)9-4-3-8(15(16)17)5-10(9)11(13)14/h3-7,11H,1-2H3. The average Bonchev–Trinajstić information content (AvgIpc) is 2.26. The molecule has 0 aliphatic carbocycles. The summed E-state index contributed by atoms with van der Waals surface area (Å²) >= 11 is 5.86. The van der Waals surface area contributed by atoms with Gasteiger partial charge in [-0.15, -0.1) is 11.6 Å². The summed E-state index contributed by atoms with van der Waals surface area (Å²) in [4.78, 5) is 9.84. The number of nitro groups is 1. The van der Waals surface area contributed by atoms with E-state index in [2.05, 4.69) is 0 Å². The lowest BCUT2D eigenvalue weighted by molar-refractivity contribution is -0.385. The van der Waals surface area contributed by atoms with Crippen molar-refractivity contribution in [3.8, 4) is 0 Å². The molecule has 94 valence electrons. The molecular weight excluding hydrogens is 252 g/mol. The summed E-state index contributed by atoms with van der Waals surface area (Å²) < 4.78 is 25.7. The van der Waals surface area contributed by atoms with Crippen LogP contribution in [-0.2, 0) is 0 Å². The van der Waals surface area contributed by atoms with Gasteiger partial charge in [0.25, 0.3) is 12.1 Å². The van der Waals surface area contributed by atoms with E-state index in [1.807, 2.05) is 0 Å². The SMILES string of the molecule is CC(Cl)C(C)c1ccc([N+](=O)[O-])cc1C(F)F. The topological polar surface area (TPSA) is 43.1 Å². The van der Waals surface area contributed by atoms with Crippen LogP contribution in [0.4, 0.5) is 14.5 Å². The van der Waals surface area contributed by atoms with E-state index in [1.54, 1.807) is 13.8 Å². The van der Waals surface area contributed by atoms with Crippen LogP contribution in [0.1, 0.15) is 37.3 Å². The molecule has 1 rings (SSSR count). The number of rotatable bonds is 4. The van der Waals surface area contributed by atoms with Crippen LogP contribution in [0, 0.1) is 10.1 Å². The highest BCUT2D eigenvalue weighted by atomic mass is 35.5. The maximum atomic E-state index is 12.8. The normalized spacial score (nSPS) is 14.7. The Morgan fingerprint density at radius 3 is 2.29 bits per heavy atom. The van der Waals surface area contributed by atoms with Crippen LogP contribution in [0.15, 0.2) is 18.2 Å². The molecule has 0 aliphatic rings. The number of alkyl halides is 3. The molecule has 3 nitrogen and oxygen atoms in total. The molecule has 0 aliphatic heterocycles. The van der Waals surface area contributed by atoms with E-state index >= 15 is 0 Å². The molecule has 0 saturated carbocycles. The molecule has 0 amide bonds. The van der Waals surface area contributed by atoms with E-state index in [-0.39, 0.29) is 22.5 Å². The first-order valence-corrected chi connectivity index (χ1v) is 5.48. The van der Waals surface area contributed by atoms with Crippen LogP contribution in [0.5, 0.6) is 0 Å². The monoisotopic (exact) mass is 263 g/mol. The third-order valence-corrected chi connectivity index (χ3v) is 3.07. The van der Waals surface area contributed by atoms with Gasteiger partial charge in [-0.3, -0.25) is 10.1 Å². The Bertz CT molecular complexity index is 424. The Balaban J connectivity index is 3.27. The van der Waals surface area contributed by atoms with Crippen molar-refractivity contribution >= 4 is 17.3 Å². The smallest absolute Gasteiger partial charge is 0.258 e. The van der Waals surface area contributed by atoms with Crippen molar-refractivity contribution in [3.63, 3.8) is 0 Å². The van der Waals surface area contributed by atoms with E-state index < -0.39 is 11.3 Å². The lowest BCUT2D eigenvalue weighted by atomic mass is 9.93. The molecule has 17 heavy (non-hydrogen) atoms. The fraction of sp³-hybridized carbons (Fsp3) is 0.455. The fourth-order valence-corrected chi connectivity index (χ4v) is 1.66. The van der Waals surface area contributed by atoms with Gasteiger partial charge in [-0.05, 0) is 18.4 Å². The van der Waals surface area contributed by atoms with Crippen molar-refractivity contribution in [1.82, 2.24) is 0 Å². The Morgan fingerprint density at radius 1 is 1.29 bits per heavy atom. The predicted octanol–water partition coefficient (Wildman–Crippen LogP) is 4.26. The molecular formula is C11H12ClF2NO2. The summed E-state index contributed by atoms with van der Waals surface area (Å²) in [6.45, 7) is 3.41. The van der Waals surface area contributed by atoms with Crippen molar-refractivity contribution in [1.29, 1.82) is 0 Å². The van der Waals surface area contributed by atoms with Gasteiger partial charge in [-0.25, -0.2) is 8.78 Å². The lowest BCUT2D eigenvalue weighted by Gasteiger charge is -2.17. The summed E-state index contributed by atoms with van der Waals surface area (Å²) in [5.41, 5.74) is -0.300. The second-order valence-electron chi connectivity index (χ2n) is 3.84. The number of benzene rings is 1. The number of nitro benzene ring substituents is 1. The zero-order chi connectivity index (χ0) is 13.2. The summed E-state index contributed by atoms with van der Waals surface area (Å²) in [7, 11) is 0. The first-order chi connectivity index (χ1) is 7.84. The highest BCUT2D eigenvalue weighted by Crippen LogP contribution is 2.34. The average molecular weight is 264 g/mol. The van der Waals surface area contributed by atoms with Crippen LogP contribution < -0.4 is 0 Å². The minimum Gasteiger partial charge on any atom is -0.258 e. The molecule has 0 N–H and O–H groups in total. The van der Waals surface area contributed by atoms with Gasteiger partial charge in [0.15, 0.2) is 0 Å². The Hall–Kier alpha value is -1.23. The molecule has 0 aromatic heterocycles. The van der Waals surface area contributed by atoms with Crippen LogP contribution in [-0.4, -0.2) is 10.3 Å². The minimum absolute atomic E-state index is 0.290. The van der Waals surface area contributed by atoms with E-state index in [1.165, 1.54) is 12.1 Å². The molecule has 0 radical (unpaired) electrons. The molecule has 6 heteroatoms. The number of hydrogen-bond acceptors (Lipinski definition) is 2. The summed E-state index contributed by atoms with van der Waals surface area (Å²) in [6.07, 6.45) is -2.75. The van der Waals surface area contributed by atoms with Gasteiger partial charge >= 0.3 is 0 Å². The third-order valence-electron chi connectivity index (χ3n) is 2.70. The van der Waals surface area contributed by atoms with Crippen molar-refractivity contribution < 1.29 is 13.7 Å². The maximum absolute atomic E-state index is 12.8. The predicted molar refractivity (Wildman–Crippen MR) is 61.8 cm³/mol. The van der Waals surface area contributed by atoms with E-state index in [9.17, 15) is 18.9 Å². The fourth-order valence-electron chi connectivity index (χ4n) is 1.53. The second kappa shape index (κ2) is 5.40. The molecule has 1 aromatic carbocycles. The Kier molecular flexibility index (Phi) is 4.40. The highest BCUT2D eigenvalue weighted by molar-refractivity contribution is 6.20. The van der Waals surface area contributed by atoms with Gasteiger partial charge in [0, 0.05) is 23.1 Å². The Labute approximate surface area is 103 Å². The number of hydrogen-bond donors (Lipinski definition) is 0. The quantitative estimate of drug-likeness (QED) is 0.463. The Morgan fingerprint density at radius 2 is 1.88 bits per heavy atom. The second-order valence-corrected chi connectivity index (χ2v) is 4.53. The van der Waals surface area contributed by atoms with Gasteiger partial charge in [0.2, 0.25) is 0 Å². The van der Waals surface area contributed by atoms with Crippen LogP contribution in [0.2, 0.25) is 0 Å². The van der Waals surface area contributed by atoms with E-state index in [0.717, 1.165) is 6.07 Å². The summed E-state index contributed by atoms with van der Waals surface area (Å²) in [5.74, 6) is -0.290. The molecule has 0 heterocycles. The summed E-state index contributed by atoms with van der Waals surface area (Å²) in [5, 5.41) is 10.2. The molecule has 0 spiro atoms. The molecule has 0 saturated heterocycles. The largest absolute Gasteiger partial charge is 0.269 e. The van der Waals surface area contributed by atoms with Crippen LogP contribution >= 0.6 is 11.6 Å². The first kappa shape index (κ1) is 13.8. The van der Waals surface area contributed by atoms with E-state index in [0.29, 0.717) is 5.56 Å². The van der Waals surface area contributed by atoms with Crippen LogP contribution in [0.25, 0.3) is 0 Å².